The summed E-state index contributed by atoms with van der Waals surface area (Å²) in [7, 11) is 0. The van der Waals surface area contributed by atoms with Gasteiger partial charge in [-0.15, -0.1) is 0 Å². The van der Waals surface area contributed by atoms with Crippen LogP contribution in [0.2, 0.25) is 0 Å². The van der Waals surface area contributed by atoms with Crippen LogP contribution in [0, 0.1) is 0 Å². The largest absolute Gasteiger partial charge is 0.411 e. The number of rotatable bonds is 6. The molecule has 0 heterocycles. The van der Waals surface area contributed by atoms with E-state index in [1.165, 1.54) is 0 Å². The summed E-state index contributed by atoms with van der Waals surface area (Å²) in [5, 5.41) is 2.65. The molecule has 0 fully saturated rings. The molecule has 0 spiro atoms. The zero-order valence-electron chi connectivity index (χ0n) is 11.0. The Kier molecular flexibility index (Phi) is 5.82. The third-order valence-electron chi connectivity index (χ3n) is 2.58. The lowest BCUT2D eigenvalue weighted by atomic mass is 10.1. The third kappa shape index (κ3) is 5.92. The first-order chi connectivity index (χ1) is 9.29. The lowest BCUT2D eigenvalue weighted by Crippen LogP contribution is -2.28. The molecule has 0 aliphatic rings. The summed E-state index contributed by atoms with van der Waals surface area (Å²) in [5.41, 5.74) is 7.08. The summed E-state index contributed by atoms with van der Waals surface area (Å²) in [5.74, 6) is -0.386. The number of hydrogen-bond donors (Lipinski definition) is 2. The van der Waals surface area contributed by atoms with Gasteiger partial charge in [-0.3, -0.25) is 4.79 Å². The second-order valence-electron chi connectivity index (χ2n) is 4.34. The molecule has 0 aliphatic heterocycles. The van der Waals surface area contributed by atoms with Gasteiger partial charge in [0.15, 0.2) is 0 Å². The zero-order chi connectivity index (χ0) is 15.2. The topological polar surface area (TPSA) is 64.3 Å². The van der Waals surface area contributed by atoms with Crippen molar-refractivity contribution in [2.75, 3.05) is 18.9 Å². The number of para-hydroxylation sites is 1. The van der Waals surface area contributed by atoms with E-state index in [2.05, 4.69) is 10.1 Å². The van der Waals surface area contributed by atoms with E-state index in [4.69, 9.17) is 5.73 Å². The lowest BCUT2D eigenvalue weighted by Gasteiger charge is -2.16. The summed E-state index contributed by atoms with van der Waals surface area (Å²) in [6.45, 7) is 0.129. The smallest absolute Gasteiger partial charge is 0.398 e. The molecule has 3 N–H and O–H groups in total. The van der Waals surface area contributed by atoms with Crippen LogP contribution < -0.4 is 11.1 Å². The van der Waals surface area contributed by atoms with Crippen molar-refractivity contribution >= 4 is 11.6 Å². The minimum Gasteiger partial charge on any atom is -0.398 e. The van der Waals surface area contributed by atoms with Gasteiger partial charge in [0.05, 0.1) is 12.6 Å². The highest BCUT2D eigenvalue weighted by molar-refractivity contribution is 5.76. The van der Waals surface area contributed by atoms with Gasteiger partial charge < -0.3 is 15.8 Å². The summed E-state index contributed by atoms with van der Waals surface area (Å²) < 4.78 is 39.8. The van der Waals surface area contributed by atoms with Gasteiger partial charge in [0.2, 0.25) is 5.91 Å². The van der Waals surface area contributed by atoms with E-state index in [0.717, 1.165) is 5.56 Å². The number of ether oxygens (including phenoxy) is 1. The van der Waals surface area contributed by atoms with E-state index in [9.17, 15) is 18.0 Å². The fourth-order valence-corrected chi connectivity index (χ4v) is 1.65. The predicted octanol–water partition coefficient (Wildman–Crippen LogP) is 2.42. The monoisotopic (exact) mass is 290 g/mol. The molecular weight excluding hydrogens is 273 g/mol. The molecule has 1 aromatic rings. The van der Waals surface area contributed by atoms with Crippen molar-refractivity contribution in [3.63, 3.8) is 0 Å². The molecule has 0 radical (unpaired) electrons. The van der Waals surface area contributed by atoms with Gasteiger partial charge in [0.25, 0.3) is 0 Å². The number of carbonyl (C=O) groups is 1. The maximum atomic E-state index is 11.8. The number of amides is 1. The van der Waals surface area contributed by atoms with Crippen LogP contribution in [0.3, 0.4) is 0 Å². The highest BCUT2D eigenvalue weighted by atomic mass is 19.4. The van der Waals surface area contributed by atoms with Crippen molar-refractivity contribution in [2.24, 2.45) is 0 Å². The maximum Gasteiger partial charge on any atom is 0.411 e. The van der Waals surface area contributed by atoms with Gasteiger partial charge in [-0.1, -0.05) is 18.2 Å². The number of nitrogen functional groups attached to an aromatic ring is 1. The number of benzene rings is 1. The van der Waals surface area contributed by atoms with E-state index in [1.54, 1.807) is 31.2 Å². The van der Waals surface area contributed by atoms with Gasteiger partial charge in [-0.25, -0.2) is 0 Å². The summed E-state index contributed by atoms with van der Waals surface area (Å²) in [6.07, 6.45) is -4.50. The Hall–Kier alpha value is -1.76. The Bertz CT molecular complexity index is 449. The van der Waals surface area contributed by atoms with Gasteiger partial charge in [-0.05, 0) is 18.6 Å². The molecule has 7 heteroatoms. The van der Waals surface area contributed by atoms with E-state index >= 15 is 0 Å². The molecule has 1 unspecified atom stereocenters. The minimum atomic E-state index is -4.37. The fraction of sp³-hybridized carbons (Fsp3) is 0.462. The molecule has 0 saturated heterocycles. The maximum absolute atomic E-state index is 11.8. The Labute approximate surface area is 115 Å². The molecule has 4 nitrogen and oxygen atoms in total. The van der Waals surface area contributed by atoms with Crippen molar-refractivity contribution in [2.45, 2.75) is 25.6 Å². The van der Waals surface area contributed by atoms with Crippen LogP contribution in [0.5, 0.6) is 0 Å². The van der Waals surface area contributed by atoms with Crippen LogP contribution >= 0.6 is 0 Å². The SMILES string of the molecule is CC(NC(=O)CCOCC(F)(F)F)c1ccccc1N. The summed E-state index contributed by atoms with van der Waals surface area (Å²) in [6, 6.07) is 6.75. The average molecular weight is 290 g/mol. The number of carbonyl (C=O) groups excluding carboxylic acids is 1. The zero-order valence-corrected chi connectivity index (χ0v) is 11.0. The molecule has 1 aromatic carbocycles. The van der Waals surface area contributed by atoms with Crippen molar-refractivity contribution in [1.29, 1.82) is 0 Å². The molecular formula is C13H17F3N2O2. The average Bonchev–Trinajstić information content (AvgIpc) is 2.34. The first-order valence-corrected chi connectivity index (χ1v) is 6.08. The van der Waals surface area contributed by atoms with E-state index in [0.29, 0.717) is 5.69 Å². The van der Waals surface area contributed by atoms with Crippen LogP contribution in [0.15, 0.2) is 24.3 Å². The first kappa shape index (κ1) is 16.3. The second kappa shape index (κ2) is 7.14. The van der Waals surface area contributed by atoms with Crippen molar-refractivity contribution < 1.29 is 22.7 Å². The lowest BCUT2D eigenvalue weighted by molar-refractivity contribution is -0.174. The van der Waals surface area contributed by atoms with Crippen molar-refractivity contribution in [1.82, 2.24) is 5.32 Å². The van der Waals surface area contributed by atoms with Crippen molar-refractivity contribution in [3.8, 4) is 0 Å². The molecule has 0 bridgehead atoms. The minimum absolute atomic E-state index is 0.132. The predicted molar refractivity (Wildman–Crippen MR) is 68.9 cm³/mol. The molecule has 1 atom stereocenters. The number of hydrogen-bond acceptors (Lipinski definition) is 3. The van der Waals surface area contributed by atoms with Gasteiger partial charge in [0, 0.05) is 12.1 Å². The Morgan fingerprint density at radius 3 is 2.65 bits per heavy atom. The van der Waals surface area contributed by atoms with E-state index < -0.39 is 12.8 Å². The van der Waals surface area contributed by atoms with Crippen LogP contribution in [-0.2, 0) is 9.53 Å². The highest BCUT2D eigenvalue weighted by Crippen LogP contribution is 2.19. The van der Waals surface area contributed by atoms with E-state index in [-0.39, 0.29) is 25.0 Å². The molecule has 20 heavy (non-hydrogen) atoms. The highest BCUT2D eigenvalue weighted by Gasteiger charge is 2.27. The summed E-state index contributed by atoms with van der Waals surface area (Å²) >= 11 is 0. The normalized spacial score (nSPS) is 13.0. The number of halogens is 3. The first-order valence-electron chi connectivity index (χ1n) is 6.08. The van der Waals surface area contributed by atoms with Gasteiger partial charge in [-0.2, -0.15) is 13.2 Å². The van der Waals surface area contributed by atoms with Crippen molar-refractivity contribution in [3.05, 3.63) is 29.8 Å². The second-order valence-corrected chi connectivity index (χ2v) is 4.34. The molecule has 112 valence electrons. The van der Waals surface area contributed by atoms with Gasteiger partial charge in [0.1, 0.15) is 6.61 Å². The molecule has 0 aliphatic carbocycles. The number of nitrogens with two attached hydrogens (primary N) is 1. The van der Waals surface area contributed by atoms with E-state index in [1.807, 2.05) is 0 Å². The quantitative estimate of drug-likeness (QED) is 0.624. The summed E-state index contributed by atoms with van der Waals surface area (Å²) in [4.78, 5) is 11.5. The third-order valence-corrected chi connectivity index (χ3v) is 2.58. The fourth-order valence-electron chi connectivity index (χ4n) is 1.65. The number of alkyl halides is 3. The number of anilines is 1. The Balaban J connectivity index is 2.34. The van der Waals surface area contributed by atoms with Crippen LogP contribution in [-0.4, -0.2) is 25.3 Å². The Morgan fingerprint density at radius 1 is 1.40 bits per heavy atom. The Morgan fingerprint density at radius 2 is 2.05 bits per heavy atom. The molecule has 0 saturated carbocycles. The molecule has 0 aromatic heterocycles. The molecule has 1 amide bonds. The number of nitrogens with one attached hydrogen (secondary N) is 1. The van der Waals surface area contributed by atoms with Crippen LogP contribution in [0.4, 0.5) is 18.9 Å². The van der Waals surface area contributed by atoms with Crippen LogP contribution in [0.25, 0.3) is 0 Å². The van der Waals surface area contributed by atoms with Gasteiger partial charge >= 0.3 is 6.18 Å². The standard InChI is InChI=1S/C13H17F3N2O2/c1-9(10-4-2-3-5-11(10)17)18-12(19)6-7-20-8-13(14,15)16/h2-5,9H,6-8,17H2,1H3,(H,18,19). The molecule has 1 rings (SSSR count). The van der Waals surface area contributed by atoms with Crippen LogP contribution in [0.1, 0.15) is 24.9 Å².